The van der Waals surface area contributed by atoms with Crippen molar-refractivity contribution in [2.75, 3.05) is 26.2 Å². The van der Waals surface area contributed by atoms with E-state index in [0.717, 1.165) is 0 Å². The summed E-state index contributed by atoms with van der Waals surface area (Å²) in [5, 5.41) is 2.80. The van der Waals surface area contributed by atoms with Gasteiger partial charge in [0.2, 0.25) is 10.0 Å². The summed E-state index contributed by atoms with van der Waals surface area (Å²) in [5.74, 6) is 0.234. The van der Waals surface area contributed by atoms with Gasteiger partial charge >= 0.3 is 0 Å². The molecule has 1 N–H and O–H groups in total. The van der Waals surface area contributed by atoms with Gasteiger partial charge in [0.25, 0.3) is 5.91 Å². The average Bonchev–Trinajstić information content (AvgIpc) is 2.90. The van der Waals surface area contributed by atoms with Gasteiger partial charge in [0, 0.05) is 32.2 Å². The minimum absolute atomic E-state index is 0.0159. The van der Waals surface area contributed by atoms with Crippen molar-refractivity contribution >= 4 is 15.9 Å². The van der Waals surface area contributed by atoms with Crippen LogP contribution in [0.15, 0.2) is 89.8 Å². The summed E-state index contributed by atoms with van der Waals surface area (Å²) in [6.45, 7) is 7.49. The van der Waals surface area contributed by atoms with Crippen LogP contribution in [0.3, 0.4) is 0 Å². The molecule has 0 bridgehead atoms. The van der Waals surface area contributed by atoms with Crippen LogP contribution in [0.1, 0.15) is 37.9 Å². The molecule has 1 heterocycles. The highest BCUT2D eigenvalue weighted by molar-refractivity contribution is 7.89. The number of hydrogen-bond acceptors (Lipinski definition) is 5. The Hall–Kier alpha value is -3.20. The van der Waals surface area contributed by atoms with Gasteiger partial charge in [-0.05, 0) is 56.2 Å². The molecule has 1 aliphatic rings. The number of carbonyl (C=O) groups excluding carboxylic acids is 1. The molecule has 1 saturated heterocycles. The third-order valence-electron chi connectivity index (χ3n) is 6.44. The summed E-state index contributed by atoms with van der Waals surface area (Å²) < 4.78 is 34.0. The maximum absolute atomic E-state index is 13.4. The molecule has 0 unspecified atom stereocenters. The molecule has 1 atom stereocenters. The highest BCUT2D eigenvalue weighted by Crippen LogP contribution is 2.30. The zero-order chi connectivity index (χ0) is 26.4. The Bertz CT molecular complexity index is 1220. The van der Waals surface area contributed by atoms with Crippen molar-refractivity contribution in [2.45, 2.75) is 43.9 Å². The molecule has 0 spiro atoms. The predicted molar refractivity (Wildman–Crippen MR) is 145 cm³/mol. The number of rotatable bonds is 9. The fourth-order valence-electron chi connectivity index (χ4n) is 4.59. The van der Waals surface area contributed by atoms with Gasteiger partial charge in [-0.1, -0.05) is 60.7 Å². The number of benzene rings is 3. The average molecular weight is 522 g/mol. The minimum Gasteiger partial charge on any atom is -0.481 e. The molecule has 3 aromatic rings. The first-order chi connectivity index (χ1) is 17.8. The maximum atomic E-state index is 13.4. The monoisotopic (exact) mass is 521 g/mol. The van der Waals surface area contributed by atoms with Crippen molar-refractivity contribution in [3.63, 3.8) is 0 Å². The van der Waals surface area contributed by atoms with Crippen molar-refractivity contribution in [1.29, 1.82) is 0 Å². The van der Waals surface area contributed by atoms with Crippen molar-refractivity contribution in [2.24, 2.45) is 0 Å². The van der Waals surface area contributed by atoms with Gasteiger partial charge in [0.1, 0.15) is 5.75 Å². The van der Waals surface area contributed by atoms with Gasteiger partial charge in [-0.15, -0.1) is 0 Å². The Morgan fingerprint density at radius 3 is 1.78 bits per heavy atom. The third kappa shape index (κ3) is 6.57. The number of amides is 1. The second kappa shape index (κ2) is 11.9. The topological polar surface area (TPSA) is 78.9 Å². The molecular weight excluding hydrogens is 486 g/mol. The summed E-state index contributed by atoms with van der Waals surface area (Å²) in [6, 6.07) is 27.0. The zero-order valence-electron chi connectivity index (χ0n) is 21.6. The molecular formula is C29H35N3O4S. The molecule has 1 fully saturated rings. The molecule has 4 rings (SSSR count). The van der Waals surface area contributed by atoms with Gasteiger partial charge < -0.3 is 10.1 Å². The lowest BCUT2D eigenvalue weighted by atomic mass is 9.96. The van der Waals surface area contributed by atoms with Crippen LogP contribution in [-0.4, -0.2) is 61.9 Å². The summed E-state index contributed by atoms with van der Waals surface area (Å²) in [7, 11) is -3.65. The molecule has 7 nitrogen and oxygen atoms in total. The van der Waals surface area contributed by atoms with Crippen LogP contribution in [0.25, 0.3) is 0 Å². The Morgan fingerprint density at radius 2 is 1.30 bits per heavy atom. The molecule has 0 aliphatic carbocycles. The van der Waals surface area contributed by atoms with Gasteiger partial charge in [0.05, 0.1) is 10.9 Å². The lowest BCUT2D eigenvalue weighted by Crippen LogP contribution is -2.49. The SMILES string of the molecule is CC(C)NC(=O)[C@H](C)Oc1ccc(S(=O)(=O)N2CCN(C(c3ccccc3)c3ccccc3)CC2)cc1. The lowest BCUT2D eigenvalue weighted by molar-refractivity contribution is -0.127. The number of hydrogen-bond donors (Lipinski definition) is 1. The minimum atomic E-state index is -3.65. The van der Waals surface area contributed by atoms with Crippen LogP contribution in [0.5, 0.6) is 5.75 Å². The van der Waals surface area contributed by atoms with Crippen LogP contribution in [0.2, 0.25) is 0 Å². The Morgan fingerprint density at radius 1 is 0.784 bits per heavy atom. The quantitative estimate of drug-likeness (QED) is 0.459. The molecule has 0 radical (unpaired) electrons. The highest BCUT2D eigenvalue weighted by Gasteiger charge is 2.32. The Kier molecular flexibility index (Phi) is 8.63. The molecule has 0 saturated carbocycles. The first kappa shape index (κ1) is 26.9. The fraction of sp³-hybridized carbons (Fsp3) is 0.345. The fourth-order valence-corrected chi connectivity index (χ4v) is 6.01. The van der Waals surface area contributed by atoms with Crippen molar-refractivity contribution in [3.05, 3.63) is 96.1 Å². The smallest absolute Gasteiger partial charge is 0.260 e. The molecule has 37 heavy (non-hydrogen) atoms. The van der Waals surface area contributed by atoms with Gasteiger partial charge in [-0.2, -0.15) is 4.31 Å². The molecule has 1 amide bonds. The maximum Gasteiger partial charge on any atom is 0.260 e. The second-order valence-electron chi connectivity index (χ2n) is 9.56. The van der Waals surface area contributed by atoms with Crippen LogP contribution >= 0.6 is 0 Å². The second-order valence-corrected chi connectivity index (χ2v) is 11.5. The number of nitrogens with one attached hydrogen (secondary N) is 1. The van der Waals surface area contributed by atoms with E-state index in [2.05, 4.69) is 34.5 Å². The summed E-state index contributed by atoms with van der Waals surface area (Å²) in [6.07, 6.45) is -0.680. The van der Waals surface area contributed by atoms with E-state index in [4.69, 9.17) is 4.74 Å². The van der Waals surface area contributed by atoms with E-state index in [1.807, 2.05) is 50.2 Å². The van der Waals surface area contributed by atoms with Crippen LogP contribution in [-0.2, 0) is 14.8 Å². The molecule has 3 aromatic carbocycles. The summed E-state index contributed by atoms with van der Waals surface area (Å²) >= 11 is 0. The molecule has 196 valence electrons. The van der Waals surface area contributed by atoms with Crippen molar-refractivity contribution < 1.29 is 17.9 Å². The van der Waals surface area contributed by atoms with Gasteiger partial charge in [-0.3, -0.25) is 9.69 Å². The van der Waals surface area contributed by atoms with E-state index >= 15 is 0 Å². The summed E-state index contributed by atoms with van der Waals surface area (Å²) in [5.41, 5.74) is 2.38. The van der Waals surface area contributed by atoms with E-state index < -0.39 is 16.1 Å². The first-order valence-electron chi connectivity index (χ1n) is 12.7. The number of piperazine rings is 1. The number of nitrogens with zero attached hydrogens (tertiary/aromatic N) is 2. The normalized spacial score (nSPS) is 16.0. The van der Waals surface area contributed by atoms with Gasteiger partial charge in [-0.25, -0.2) is 8.42 Å². The van der Waals surface area contributed by atoms with Crippen molar-refractivity contribution in [3.8, 4) is 5.75 Å². The third-order valence-corrected chi connectivity index (χ3v) is 8.36. The highest BCUT2D eigenvalue weighted by atomic mass is 32.2. The van der Waals surface area contributed by atoms with Crippen LogP contribution < -0.4 is 10.1 Å². The standard InChI is InChI=1S/C29H35N3O4S/c1-22(2)30-29(33)23(3)36-26-14-16-27(17-15-26)37(34,35)32-20-18-31(19-21-32)28(24-10-6-4-7-11-24)25-12-8-5-9-13-25/h4-17,22-23,28H,18-21H2,1-3H3,(H,30,33)/t23-/m0/s1. The van der Waals surface area contributed by atoms with Gasteiger partial charge in [0.15, 0.2) is 6.10 Å². The zero-order valence-corrected chi connectivity index (χ0v) is 22.4. The predicted octanol–water partition coefficient (Wildman–Crippen LogP) is 4.07. The van der Waals surface area contributed by atoms with Crippen molar-refractivity contribution in [1.82, 2.24) is 14.5 Å². The van der Waals surface area contributed by atoms with E-state index in [9.17, 15) is 13.2 Å². The number of ether oxygens (including phenoxy) is 1. The van der Waals surface area contributed by atoms with E-state index in [0.29, 0.717) is 31.9 Å². The number of carbonyl (C=O) groups is 1. The molecule has 8 heteroatoms. The Labute approximate surface area is 220 Å². The lowest BCUT2D eigenvalue weighted by Gasteiger charge is -2.39. The first-order valence-corrected chi connectivity index (χ1v) is 14.1. The van der Waals surface area contributed by atoms with Crippen LogP contribution in [0.4, 0.5) is 0 Å². The molecule has 0 aromatic heterocycles. The van der Waals surface area contributed by atoms with E-state index in [1.165, 1.54) is 11.1 Å². The van der Waals surface area contributed by atoms with E-state index in [-0.39, 0.29) is 22.9 Å². The summed E-state index contributed by atoms with van der Waals surface area (Å²) in [4.78, 5) is 14.7. The molecule has 1 aliphatic heterocycles. The van der Waals surface area contributed by atoms with Crippen LogP contribution in [0, 0.1) is 0 Å². The number of sulfonamides is 1. The Balaban J connectivity index is 1.42. The van der Waals surface area contributed by atoms with E-state index in [1.54, 1.807) is 35.5 Å². The largest absolute Gasteiger partial charge is 0.481 e.